The fourth-order valence-electron chi connectivity index (χ4n) is 1.83. The first-order chi connectivity index (χ1) is 9.52. The minimum Gasteiger partial charge on any atom is -0.496 e. The monoisotopic (exact) mass is 290 g/mol. The van der Waals surface area contributed by atoms with Crippen LogP contribution < -0.4 is 15.4 Å². The lowest BCUT2D eigenvalue weighted by Gasteiger charge is -2.20. The van der Waals surface area contributed by atoms with Gasteiger partial charge in [-0.25, -0.2) is 4.98 Å². The first-order valence-electron chi connectivity index (χ1n) is 6.20. The van der Waals surface area contributed by atoms with Crippen molar-refractivity contribution in [3.05, 3.63) is 40.4 Å². The van der Waals surface area contributed by atoms with Gasteiger partial charge in [0.25, 0.3) is 0 Å². The predicted molar refractivity (Wildman–Crippen MR) is 82.7 cm³/mol. The van der Waals surface area contributed by atoms with Gasteiger partial charge in [-0.1, -0.05) is 18.2 Å². The molecule has 0 saturated heterocycles. The molecule has 0 fully saturated rings. The molecule has 1 aromatic heterocycles. The Morgan fingerprint density at radius 3 is 2.65 bits per heavy atom. The molecule has 20 heavy (non-hydrogen) atoms. The third kappa shape index (κ3) is 2.91. The molecule has 2 aromatic rings. The van der Waals surface area contributed by atoms with Crippen molar-refractivity contribution in [1.29, 1.82) is 5.41 Å². The van der Waals surface area contributed by atoms with E-state index in [0.717, 1.165) is 27.0 Å². The standard InChI is InChI=1S/C14H18N4OS/c1-9-10(2)20-14(17-9)18(13(15)16)8-11-6-4-5-7-12(11)19-3/h4-7H,8H2,1-3H3,(H3,15,16). The zero-order valence-corrected chi connectivity index (χ0v) is 12.6. The van der Waals surface area contributed by atoms with E-state index in [4.69, 9.17) is 15.9 Å². The van der Waals surface area contributed by atoms with Crippen LogP contribution in [0.5, 0.6) is 5.75 Å². The summed E-state index contributed by atoms with van der Waals surface area (Å²) >= 11 is 1.54. The number of thiazole rings is 1. The molecule has 1 heterocycles. The number of benzene rings is 1. The van der Waals surface area contributed by atoms with Crippen LogP contribution in [0, 0.1) is 19.3 Å². The van der Waals surface area contributed by atoms with Crippen LogP contribution in [0.15, 0.2) is 24.3 Å². The van der Waals surface area contributed by atoms with Crippen molar-refractivity contribution in [2.45, 2.75) is 20.4 Å². The van der Waals surface area contributed by atoms with Gasteiger partial charge in [0.05, 0.1) is 19.3 Å². The molecule has 6 heteroatoms. The van der Waals surface area contributed by atoms with Crippen LogP contribution in [0.1, 0.15) is 16.1 Å². The highest BCUT2D eigenvalue weighted by Crippen LogP contribution is 2.28. The van der Waals surface area contributed by atoms with Crippen molar-refractivity contribution in [3.63, 3.8) is 0 Å². The smallest absolute Gasteiger partial charge is 0.195 e. The minimum atomic E-state index is -0.0235. The number of nitrogens with one attached hydrogen (secondary N) is 1. The number of nitrogens with zero attached hydrogens (tertiary/aromatic N) is 2. The van der Waals surface area contributed by atoms with E-state index in [1.165, 1.54) is 11.3 Å². The van der Waals surface area contributed by atoms with Gasteiger partial charge in [-0.15, -0.1) is 11.3 Å². The molecule has 5 nitrogen and oxygen atoms in total. The molecule has 0 aliphatic heterocycles. The predicted octanol–water partition coefficient (Wildman–Crippen LogP) is 2.67. The van der Waals surface area contributed by atoms with Crippen LogP contribution in [0.4, 0.5) is 5.13 Å². The van der Waals surface area contributed by atoms with Crippen molar-refractivity contribution < 1.29 is 4.74 Å². The van der Waals surface area contributed by atoms with E-state index in [-0.39, 0.29) is 5.96 Å². The van der Waals surface area contributed by atoms with Gasteiger partial charge in [0.15, 0.2) is 11.1 Å². The summed E-state index contributed by atoms with van der Waals surface area (Å²) in [5, 5.41) is 8.51. The number of aryl methyl sites for hydroxylation is 2. The van der Waals surface area contributed by atoms with Crippen LogP contribution in [0.2, 0.25) is 0 Å². The van der Waals surface area contributed by atoms with Gasteiger partial charge in [0.1, 0.15) is 5.75 Å². The zero-order chi connectivity index (χ0) is 14.7. The molecule has 0 unspecified atom stereocenters. The molecule has 0 bridgehead atoms. The summed E-state index contributed by atoms with van der Waals surface area (Å²) in [5.74, 6) is 0.758. The van der Waals surface area contributed by atoms with Crippen LogP contribution in [-0.4, -0.2) is 18.1 Å². The second-order valence-corrected chi connectivity index (χ2v) is 5.60. The van der Waals surface area contributed by atoms with Crippen molar-refractivity contribution in [2.24, 2.45) is 5.73 Å². The Balaban J connectivity index is 2.33. The highest BCUT2D eigenvalue weighted by atomic mass is 32.1. The molecule has 0 spiro atoms. The van der Waals surface area contributed by atoms with Gasteiger partial charge in [0, 0.05) is 10.4 Å². The lowest BCUT2D eigenvalue weighted by atomic mass is 10.2. The van der Waals surface area contributed by atoms with E-state index in [2.05, 4.69) is 4.98 Å². The summed E-state index contributed by atoms with van der Waals surface area (Å²) < 4.78 is 5.34. The number of rotatable bonds is 4. The van der Waals surface area contributed by atoms with Crippen molar-refractivity contribution >= 4 is 22.4 Å². The number of aromatic nitrogens is 1. The molecule has 1 aromatic carbocycles. The average Bonchev–Trinajstić information content (AvgIpc) is 2.75. The van der Waals surface area contributed by atoms with Crippen molar-refractivity contribution in [1.82, 2.24) is 4.98 Å². The van der Waals surface area contributed by atoms with Gasteiger partial charge in [0.2, 0.25) is 0 Å². The normalized spacial score (nSPS) is 10.3. The number of ether oxygens (including phenoxy) is 1. The third-order valence-electron chi connectivity index (χ3n) is 3.06. The molecule has 106 valence electrons. The van der Waals surface area contributed by atoms with E-state index < -0.39 is 0 Å². The number of hydrogen-bond donors (Lipinski definition) is 2. The molecule has 0 atom stereocenters. The molecule has 0 radical (unpaired) electrons. The molecule has 0 amide bonds. The van der Waals surface area contributed by atoms with E-state index >= 15 is 0 Å². The maximum Gasteiger partial charge on any atom is 0.195 e. The SMILES string of the molecule is COc1ccccc1CN(C(=N)N)c1nc(C)c(C)s1. The van der Waals surface area contributed by atoms with Gasteiger partial charge in [-0.2, -0.15) is 0 Å². The quantitative estimate of drug-likeness (QED) is 0.670. The summed E-state index contributed by atoms with van der Waals surface area (Å²) in [5.41, 5.74) is 7.64. The highest BCUT2D eigenvalue weighted by Gasteiger charge is 2.17. The number of guanidine groups is 1. The molecule has 3 N–H and O–H groups in total. The molecule has 0 saturated carbocycles. The van der Waals surface area contributed by atoms with Crippen LogP contribution in [0.3, 0.4) is 0 Å². The first kappa shape index (κ1) is 14.3. The molecule has 0 aliphatic rings. The molecule has 2 rings (SSSR count). The summed E-state index contributed by atoms with van der Waals surface area (Å²) in [6, 6.07) is 7.71. The van der Waals surface area contributed by atoms with Gasteiger partial charge in [-0.3, -0.25) is 10.3 Å². The van der Waals surface area contributed by atoms with E-state index in [1.54, 1.807) is 12.0 Å². The van der Waals surface area contributed by atoms with Crippen LogP contribution >= 0.6 is 11.3 Å². The van der Waals surface area contributed by atoms with Gasteiger partial charge in [-0.05, 0) is 19.9 Å². The Hall–Kier alpha value is -2.08. The second kappa shape index (κ2) is 5.92. The number of nitrogens with two attached hydrogens (primary N) is 1. The van der Waals surface area contributed by atoms with Crippen molar-refractivity contribution in [3.8, 4) is 5.75 Å². The summed E-state index contributed by atoms with van der Waals surface area (Å²) in [6.45, 7) is 4.43. The first-order valence-corrected chi connectivity index (χ1v) is 7.02. The lowest BCUT2D eigenvalue weighted by molar-refractivity contribution is 0.410. The summed E-state index contributed by atoms with van der Waals surface area (Å²) in [4.78, 5) is 7.28. The number of methoxy groups -OCH3 is 1. The largest absolute Gasteiger partial charge is 0.496 e. The number of anilines is 1. The Morgan fingerprint density at radius 1 is 1.40 bits per heavy atom. The Labute approximate surface area is 122 Å². The average molecular weight is 290 g/mol. The minimum absolute atomic E-state index is 0.0235. The highest BCUT2D eigenvalue weighted by molar-refractivity contribution is 7.15. The van der Waals surface area contributed by atoms with E-state index in [9.17, 15) is 0 Å². The maximum atomic E-state index is 7.78. The summed E-state index contributed by atoms with van der Waals surface area (Å²) in [6.07, 6.45) is 0. The fourth-order valence-corrected chi connectivity index (χ4v) is 2.75. The second-order valence-electron chi connectivity index (χ2n) is 4.42. The lowest BCUT2D eigenvalue weighted by Crippen LogP contribution is -2.36. The van der Waals surface area contributed by atoms with E-state index in [1.807, 2.05) is 38.1 Å². The number of hydrogen-bond acceptors (Lipinski definition) is 4. The molecular formula is C14H18N4OS. The van der Waals surface area contributed by atoms with Crippen molar-refractivity contribution in [2.75, 3.05) is 12.0 Å². The molecule has 0 aliphatic carbocycles. The number of para-hydroxylation sites is 1. The molecular weight excluding hydrogens is 272 g/mol. The van der Waals surface area contributed by atoms with E-state index in [0.29, 0.717) is 6.54 Å². The van der Waals surface area contributed by atoms with Crippen LogP contribution in [-0.2, 0) is 6.54 Å². The summed E-state index contributed by atoms with van der Waals surface area (Å²) in [7, 11) is 1.63. The van der Waals surface area contributed by atoms with Crippen LogP contribution in [0.25, 0.3) is 0 Å². The third-order valence-corrected chi connectivity index (χ3v) is 4.16. The Bertz CT molecular complexity index is 604. The van der Waals surface area contributed by atoms with Gasteiger partial charge < -0.3 is 10.5 Å². The maximum absolute atomic E-state index is 7.78. The Kier molecular flexibility index (Phi) is 4.24. The topological polar surface area (TPSA) is 75.2 Å². The zero-order valence-electron chi connectivity index (χ0n) is 11.8. The van der Waals surface area contributed by atoms with Gasteiger partial charge >= 0.3 is 0 Å². The fraction of sp³-hybridized carbons (Fsp3) is 0.286. The Morgan fingerprint density at radius 2 is 2.10 bits per heavy atom.